The van der Waals surface area contributed by atoms with Crippen LogP contribution in [0.25, 0.3) is 0 Å². The Balaban J connectivity index is 1.71. The number of sulfonamides is 1. The number of ether oxygens (including phenoxy) is 1. The summed E-state index contributed by atoms with van der Waals surface area (Å²) in [7, 11) is -2.08. The van der Waals surface area contributed by atoms with Gasteiger partial charge in [-0.2, -0.15) is 4.31 Å². The summed E-state index contributed by atoms with van der Waals surface area (Å²) in [5, 5.41) is 3.33. The number of aromatic nitrogens is 2. The van der Waals surface area contributed by atoms with Crippen LogP contribution in [-0.2, 0) is 10.0 Å². The van der Waals surface area contributed by atoms with Gasteiger partial charge in [-0.05, 0) is 43.5 Å². The quantitative estimate of drug-likeness (QED) is 0.876. The monoisotopic (exact) mass is 362 g/mol. The number of rotatable bonds is 5. The summed E-state index contributed by atoms with van der Waals surface area (Å²) in [6.07, 6.45) is 4.61. The topological polar surface area (TPSA) is 84.4 Å². The summed E-state index contributed by atoms with van der Waals surface area (Å²) in [6.45, 7) is 2.79. The van der Waals surface area contributed by atoms with E-state index in [2.05, 4.69) is 15.3 Å². The van der Waals surface area contributed by atoms with E-state index in [1.807, 2.05) is 13.0 Å². The van der Waals surface area contributed by atoms with E-state index in [1.165, 1.54) is 17.7 Å². The average molecular weight is 362 g/mol. The molecule has 1 aromatic carbocycles. The van der Waals surface area contributed by atoms with Crippen LogP contribution >= 0.6 is 0 Å². The van der Waals surface area contributed by atoms with Crippen LogP contribution < -0.4 is 10.1 Å². The van der Waals surface area contributed by atoms with E-state index in [4.69, 9.17) is 4.74 Å². The lowest BCUT2D eigenvalue weighted by molar-refractivity contribution is 0.327. The van der Waals surface area contributed by atoms with Gasteiger partial charge in [0.25, 0.3) is 0 Å². The number of benzene rings is 1. The highest BCUT2D eigenvalue weighted by Gasteiger charge is 2.31. The third-order valence-corrected chi connectivity index (χ3v) is 6.24. The number of nitrogens with one attached hydrogen (secondary N) is 1. The fourth-order valence-corrected chi connectivity index (χ4v) is 4.66. The van der Waals surface area contributed by atoms with Crippen molar-refractivity contribution >= 4 is 15.8 Å². The molecular formula is C17H22N4O3S. The summed E-state index contributed by atoms with van der Waals surface area (Å²) in [6, 6.07) is 7.21. The van der Waals surface area contributed by atoms with Gasteiger partial charge < -0.3 is 10.1 Å². The number of hydrogen-bond acceptors (Lipinski definition) is 6. The SMILES string of the molecule is COc1ccc(C)cc1S(=O)(=O)N1CCC(Nc2ccncn2)CC1. The summed E-state index contributed by atoms with van der Waals surface area (Å²) in [5.41, 5.74) is 0.889. The molecule has 1 aliphatic rings. The van der Waals surface area contributed by atoms with Gasteiger partial charge in [0, 0.05) is 25.3 Å². The smallest absolute Gasteiger partial charge is 0.246 e. The predicted octanol–water partition coefficient (Wildman–Crippen LogP) is 2.06. The minimum Gasteiger partial charge on any atom is -0.495 e. The number of piperidine rings is 1. The molecule has 1 aliphatic heterocycles. The van der Waals surface area contributed by atoms with Crippen LogP contribution in [0.15, 0.2) is 41.7 Å². The van der Waals surface area contributed by atoms with Crippen molar-refractivity contribution in [1.82, 2.24) is 14.3 Å². The molecule has 0 amide bonds. The molecule has 1 N–H and O–H groups in total. The number of anilines is 1. The highest BCUT2D eigenvalue weighted by Crippen LogP contribution is 2.29. The molecule has 1 fully saturated rings. The predicted molar refractivity (Wildman–Crippen MR) is 95.2 cm³/mol. The second kappa shape index (κ2) is 7.37. The fourth-order valence-electron chi connectivity index (χ4n) is 2.95. The molecule has 0 bridgehead atoms. The van der Waals surface area contributed by atoms with Gasteiger partial charge in [-0.15, -0.1) is 0 Å². The van der Waals surface area contributed by atoms with E-state index in [1.54, 1.807) is 24.4 Å². The Hall–Kier alpha value is -2.19. The van der Waals surface area contributed by atoms with Gasteiger partial charge in [-0.1, -0.05) is 6.07 Å². The molecule has 0 unspecified atom stereocenters. The molecule has 0 aliphatic carbocycles. The second-order valence-corrected chi connectivity index (χ2v) is 7.98. The molecule has 8 heteroatoms. The van der Waals surface area contributed by atoms with Crippen LogP contribution in [0, 0.1) is 6.92 Å². The summed E-state index contributed by atoms with van der Waals surface area (Å²) >= 11 is 0. The molecule has 3 rings (SSSR count). The maximum atomic E-state index is 13.0. The molecule has 1 aromatic heterocycles. The third-order valence-electron chi connectivity index (χ3n) is 4.32. The summed E-state index contributed by atoms with van der Waals surface area (Å²) < 4.78 is 32.8. The first kappa shape index (κ1) is 17.6. The maximum Gasteiger partial charge on any atom is 0.246 e. The van der Waals surface area contributed by atoms with Gasteiger partial charge in [0.05, 0.1) is 7.11 Å². The van der Waals surface area contributed by atoms with Crippen molar-refractivity contribution in [1.29, 1.82) is 0 Å². The zero-order chi connectivity index (χ0) is 17.9. The summed E-state index contributed by atoms with van der Waals surface area (Å²) in [5.74, 6) is 1.14. The molecule has 0 atom stereocenters. The number of hydrogen-bond donors (Lipinski definition) is 1. The van der Waals surface area contributed by atoms with Crippen molar-refractivity contribution in [2.75, 3.05) is 25.5 Å². The van der Waals surface area contributed by atoms with Crippen molar-refractivity contribution < 1.29 is 13.2 Å². The van der Waals surface area contributed by atoms with Crippen molar-refractivity contribution in [3.8, 4) is 5.75 Å². The van der Waals surface area contributed by atoms with Gasteiger partial charge >= 0.3 is 0 Å². The zero-order valence-electron chi connectivity index (χ0n) is 14.3. The van der Waals surface area contributed by atoms with Crippen molar-refractivity contribution in [2.24, 2.45) is 0 Å². The molecule has 2 heterocycles. The van der Waals surface area contributed by atoms with Gasteiger partial charge in [0.2, 0.25) is 10.0 Å². The third kappa shape index (κ3) is 3.91. The Morgan fingerprint density at radius 1 is 1.24 bits per heavy atom. The first-order chi connectivity index (χ1) is 12.0. The lowest BCUT2D eigenvalue weighted by Crippen LogP contribution is -2.42. The maximum absolute atomic E-state index is 13.0. The van der Waals surface area contributed by atoms with Crippen molar-refractivity contribution in [2.45, 2.75) is 30.7 Å². The lowest BCUT2D eigenvalue weighted by Gasteiger charge is -2.32. The van der Waals surface area contributed by atoms with E-state index in [0.717, 1.165) is 24.2 Å². The lowest BCUT2D eigenvalue weighted by atomic mass is 10.1. The molecule has 1 saturated heterocycles. The number of aryl methyl sites for hydroxylation is 1. The van der Waals surface area contributed by atoms with Gasteiger partial charge in [0.1, 0.15) is 22.8 Å². The van der Waals surface area contributed by atoms with Crippen LogP contribution in [0.5, 0.6) is 5.75 Å². The van der Waals surface area contributed by atoms with E-state index in [-0.39, 0.29) is 10.9 Å². The minimum atomic E-state index is -3.57. The van der Waals surface area contributed by atoms with E-state index < -0.39 is 10.0 Å². The first-order valence-corrected chi connectivity index (χ1v) is 9.62. The van der Waals surface area contributed by atoms with Gasteiger partial charge in [-0.3, -0.25) is 0 Å². The molecule has 0 radical (unpaired) electrons. The molecule has 134 valence electrons. The minimum absolute atomic E-state index is 0.195. The Bertz CT molecular complexity index is 819. The van der Waals surface area contributed by atoms with Gasteiger partial charge in [-0.25, -0.2) is 18.4 Å². The van der Waals surface area contributed by atoms with Crippen LogP contribution in [0.3, 0.4) is 0 Å². The molecule has 0 spiro atoms. The first-order valence-electron chi connectivity index (χ1n) is 8.18. The second-order valence-electron chi connectivity index (χ2n) is 6.07. The van der Waals surface area contributed by atoms with Crippen LogP contribution in [0.1, 0.15) is 18.4 Å². The Morgan fingerprint density at radius 3 is 2.64 bits per heavy atom. The van der Waals surface area contributed by atoms with Crippen LogP contribution in [0.4, 0.5) is 5.82 Å². The number of methoxy groups -OCH3 is 1. The Labute approximate surface area is 148 Å². The normalized spacial score (nSPS) is 16.6. The largest absolute Gasteiger partial charge is 0.495 e. The highest BCUT2D eigenvalue weighted by atomic mass is 32.2. The highest BCUT2D eigenvalue weighted by molar-refractivity contribution is 7.89. The Morgan fingerprint density at radius 2 is 2.00 bits per heavy atom. The molecule has 25 heavy (non-hydrogen) atoms. The van der Waals surface area contributed by atoms with Gasteiger partial charge in [0.15, 0.2) is 0 Å². The summed E-state index contributed by atoms with van der Waals surface area (Å²) in [4.78, 5) is 8.27. The van der Waals surface area contributed by atoms with E-state index in [9.17, 15) is 8.42 Å². The van der Waals surface area contributed by atoms with E-state index in [0.29, 0.717) is 18.8 Å². The van der Waals surface area contributed by atoms with Crippen molar-refractivity contribution in [3.05, 3.63) is 42.4 Å². The van der Waals surface area contributed by atoms with Crippen LogP contribution in [0.2, 0.25) is 0 Å². The molecular weight excluding hydrogens is 340 g/mol. The number of nitrogens with zero attached hydrogens (tertiary/aromatic N) is 3. The van der Waals surface area contributed by atoms with Crippen LogP contribution in [-0.4, -0.2) is 48.9 Å². The zero-order valence-corrected chi connectivity index (χ0v) is 15.2. The standard InChI is InChI=1S/C17H22N4O3S/c1-13-3-4-15(24-2)16(11-13)25(22,23)21-9-6-14(7-10-21)20-17-5-8-18-12-19-17/h3-5,8,11-12,14H,6-7,9-10H2,1-2H3,(H,18,19,20). The van der Waals surface area contributed by atoms with E-state index >= 15 is 0 Å². The fraction of sp³-hybridized carbons (Fsp3) is 0.412. The Kier molecular flexibility index (Phi) is 5.19. The molecule has 7 nitrogen and oxygen atoms in total. The molecule has 0 saturated carbocycles. The molecule has 2 aromatic rings. The van der Waals surface area contributed by atoms with Crippen molar-refractivity contribution in [3.63, 3.8) is 0 Å². The average Bonchev–Trinajstić information content (AvgIpc) is 2.63.